The van der Waals surface area contributed by atoms with Crippen LogP contribution in [-0.4, -0.2) is 45.3 Å². The van der Waals surface area contributed by atoms with Crippen molar-refractivity contribution < 1.29 is 38.9 Å². The Morgan fingerprint density at radius 1 is 1.00 bits per heavy atom. The molecule has 0 aliphatic carbocycles. The minimum Gasteiger partial charge on any atom is -0.481 e. The molecular formula is C20H34O8. The van der Waals surface area contributed by atoms with E-state index in [1.165, 1.54) is 0 Å². The molecule has 2 N–H and O–H groups in total. The largest absolute Gasteiger partial charge is 0.481 e. The van der Waals surface area contributed by atoms with Crippen LogP contribution >= 0.6 is 0 Å². The van der Waals surface area contributed by atoms with Crippen LogP contribution in [0.5, 0.6) is 0 Å². The highest BCUT2D eigenvalue weighted by atomic mass is 16.6. The summed E-state index contributed by atoms with van der Waals surface area (Å²) in [6.45, 7) is 8.83. The fraction of sp³-hybridized carbons (Fsp3) is 0.800. The molecular weight excluding hydrogens is 368 g/mol. The fourth-order valence-electron chi connectivity index (χ4n) is 3.53. The predicted molar refractivity (Wildman–Crippen MR) is 101 cm³/mol. The SMILES string of the molecule is CCCCC(CC)C(CC)(CC)OC(=O)CC(O)(CC(=O)O)C(=O)OC(C)=O. The van der Waals surface area contributed by atoms with E-state index in [-0.39, 0.29) is 5.92 Å². The maximum absolute atomic E-state index is 12.6. The quantitative estimate of drug-likeness (QED) is 0.355. The molecule has 0 aromatic heterocycles. The molecule has 162 valence electrons. The van der Waals surface area contributed by atoms with Crippen molar-refractivity contribution in [3.05, 3.63) is 0 Å². The third-order valence-electron chi connectivity index (χ3n) is 5.15. The van der Waals surface area contributed by atoms with Gasteiger partial charge in [0.25, 0.3) is 0 Å². The number of hydrogen-bond acceptors (Lipinski definition) is 7. The zero-order chi connectivity index (χ0) is 22.0. The van der Waals surface area contributed by atoms with E-state index in [0.29, 0.717) is 12.8 Å². The maximum atomic E-state index is 12.6. The Morgan fingerprint density at radius 2 is 1.57 bits per heavy atom. The lowest BCUT2D eigenvalue weighted by Gasteiger charge is -2.39. The van der Waals surface area contributed by atoms with E-state index in [1.807, 2.05) is 20.8 Å². The van der Waals surface area contributed by atoms with E-state index in [9.17, 15) is 24.3 Å². The number of hydrogen-bond donors (Lipinski definition) is 2. The maximum Gasteiger partial charge on any atom is 0.346 e. The first kappa shape index (κ1) is 26.0. The molecule has 0 radical (unpaired) electrons. The van der Waals surface area contributed by atoms with E-state index in [2.05, 4.69) is 11.7 Å². The van der Waals surface area contributed by atoms with Crippen molar-refractivity contribution in [2.75, 3.05) is 0 Å². The number of esters is 3. The summed E-state index contributed by atoms with van der Waals surface area (Å²) in [5, 5.41) is 19.4. The highest BCUT2D eigenvalue weighted by Crippen LogP contribution is 2.36. The third-order valence-corrected chi connectivity index (χ3v) is 5.15. The molecule has 0 rings (SSSR count). The normalized spacial score (nSPS) is 14.6. The second-order valence-corrected chi connectivity index (χ2v) is 7.15. The van der Waals surface area contributed by atoms with Gasteiger partial charge < -0.3 is 19.7 Å². The smallest absolute Gasteiger partial charge is 0.346 e. The van der Waals surface area contributed by atoms with Crippen LogP contribution < -0.4 is 0 Å². The molecule has 28 heavy (non-hydrogen) atoms. The summed E-state index contributed by atoms with van der Waals surface area (Å²) in [4.78, 5) is 46.7. The summed E-state index contributed by atoms with van der Waals surface area (Å²) in [5.41, 5.74) is -3.44. The molecule has 0 bridgehead atoms. The van der Waals surface area contributed by atoms with Crippen molar-refractivity contribution >= 4 is 23.9 Å². The van der Waals surface area contributed by atoms with Crippen LogP contribution in [0, 0.1) is 5.92 Å². The van der Waals surface area contributed by atoms with Crippen LogP contribution in [0.3, 0.4) is 0 Å². The summed E-state index contributed by atoms with van der Waals surface area (Å²) in [7, 11) is 0. The molecule has 0 aromatic carbocycles. The Balaban J connectivity index is 5.54. The van der Waals surface area contributed by atoms with Gasteiger partial charge >= 0.3 is 23.9 Å². The lowest BCUT2D eigenvalue weighted by Crippen LogP contribution is -2.48. The molecule has 0 saturated heterocycles. The van der Waals surface area contributed by atoms with Gasteiger partial charge in [-0.1, -0.05) is 40.5 Å². The number of carboxylic acid groups (broad SMARTS) is 1. The van der Waals surface area contributed by atoms with Crippen molar-refractivity contribution in [3.63, 3.8) is 0 Å². The summed E-state index contributed by atoms with van der Waals surface area (Å²) in [6, 6.07) is 0. The first-order chi connectivity index (χ1) is 13.0. The Kier molecular flexibility index (Phi) is 11.0. The van der Waals surface area contributed by atoms with Crippen molar-refractivity contribution in [1.29, 1.82) is 0 Å². The molecule has 0 heterocycles. The van der Waals surface area contributed by atoms with E-state index < -0.39 is 47.9 Å². The first-order valence-electron chi connectivity index (χ1n) is 9.89. The summed E-state index contributed by atoms with van der Waals surface area (Å²) >= 11 is 0. The van der Waals surface area contributed by atoms with E-state index >= 15 is 0 Å². The van der Waals surface area contributed by atoms with Crippen molar-refractivity contribution in [3.8, 4) is 0 Å². The van der Waals surface area contributed by atoms with Crippen LogP contribution in [0.15, 0.2) is 0 Å². The van der Waals surface area contributed by atoms with E-state index in [4.69, 9.17) is 9.84 Å². The average molecular weight is 402 g/mol. The number of carbonyl (C=O) groups excluding carboxylic acids is 3. The lowest BCUT2D eigenvalue weighted by molar-refractivity contribution is -0.187. The van der Waals surface area contributed by atoms with E-state index in [1.54, 1.807) is 0 Å². The van der Waals surface area contributed by atoms with Crippen molar-refractivity contribution in [2.24, 2.45) is 5.92 Å². The number of carboxylic acids is 1. The number of unbranched alkanes of at least 4 members (excludes halogenated alkanes) is 1. The number of aliphatic carboxylic acids is 1. The Bertz CT molecular complexity index is 552. The fourth-order valence-corrected chi connectivity index (χ4v) is 3.53. The van der Waals surface area contributed by atoms with Crippen molar-refractivity contribution in [2.45, 2.75) is 97.2 Å². The summed E-state index contributed by atoms with van der Waals surface area (Å²) in [5.74, 6) is -4.80. The van der Waals surface area contributed by atoms with Gasteiger partial charge in [0.2, 0.25) is 0 Å². The molecule has 2 atom stereocenters. The Labute approximate surface area is 166 Å². The van der Waals surface area contributed by atoms with Gasteiger partial charge in [-0.25, -0.2) is 4.79 Å². The predicted octanol–water partition coefficient (Wildman–Crippen LogP) is 2.99. The topological polar surface area (TPSA) is 127 Å². The number of aliphatic hydroxyl groups is 1. The molecule has 0 amide bonds. The van der Waals surface area contributed by atoms with E-state index in [0.717, 1.165) is 32.6 Å². The first-order valence-corrected chi connectivity index (χ1v) is 9.89. The highest BCUT2D eigenvalue weighted by molar-refractivity contribution is 5.94. The molecule has 8 nitrogen and oxygen atoms in total. The number of ether oxygens (including phenoxy) is 2. The minimum atomic E-state index is -2.67. The van der Waals surface area contributed by atoms with Gasteiger partial charge in [0.1, 0.15) is 5.60 Å². The monoisotopic (exact) mass is 402 g/mol. The molecule has 0 fully saturated rings. The van der Waals surface area contributed by atoms with Gasteiger partial charge in [0.15, 0.2) is 5.60 Å². The second kappa shape index (κ2) is 11.8. The average Bonchev–Trinajstić information content (AvgIpc) is 2.59. The van der Waals surface area contributed by atoms with Gasteiger partial charge in [-0.3, -0.25) is 14.4 Å². The molecule has 2 unspecified atom stereocenters. The van der Waals surface area contributed by atoms with Gasteiger partial charge in [-0.2, -0.15) is 0 Å². The van der Waals surface area contributed by atoms with Gasteiger partial charge in [0.05, 0.1) is 12.8 Å². The highest BCUT2D eigenvalue weighted by Gasteiger charge is 2.46. The van der Waals surface area contributed by atoms with Gasteiger partial charge in [0, 0.05) is 6.92 Å². The minimum absolute atomic E-state index is 0.100. The summed E-state index contributed by atoms with van der Waals surface area (Å²) < 4.78 is 10.1. The number of carbonyl (C=O) groups is 4. The Morgan fingerprint density at radius 3 is 1.96 bits per heavy atom. The molecule has 8 heteroatoms. The Hall–Kier alpha value is -1.96. The molecule has 0 spiro atoms. The second-order valence-electron chi connectivity index (χ2n) is 7.15. The van der Waals surface area contributed by atoms with Gasteiger partial charge in [-0.15, -0.1) is 0 Å². The van der Waals surface area contributed by atoms with Gasteiger partial charge in [-0.05, 0) is 31.6 Å². The standard InChI is InChI=1S/C20H34O8/c1-6-10-11-15(7-2)20(8-3,9-4)28-17(24)13-19(26,12-16(22)23)18(25)27-14(5)21/h15,26H,6-13H2,1-5H3,(H,22,23). The van der Waals surface area contributed by atoms with Crippen LogP contribution in [-0.2, 0) is 28.7 Å². The summed E-state index contributed by atoms with van der Waals surface area (Å²) in [6.07, 6.45) is 2.76. The van der Waals surface area contributed by atoms with Crippen LogP contribution in [0.1, 0.15) is 86.0 Å². The van der Waals surface area contributed by atoms with Crippen LogP contribution in [0.25, 0.3) is 0 Å². The number of rotatable bonds is 13. The molecule has 0 aliphatic rings. The molecule has 0 aliphatic heterocycles. The third kappa shape index (κ3) is 7.58. The zero-order valence-electron chi connectivity index (χ0n) is 17.6. The molecule has 0 aromatic rings. The van der Waals surface area contributed by atoms with Crippen molar-refractivity contribution in [1.82, 2.24) is 0 Å². The lowest BCUT2D eigenvalue weighted by atomic mass is 9.78. The van der Waals surface area contributed by atoms with Crippen LogP contribution in [0.4, 0.5) is 0 Å². The van der Waals surface area contributed by atoms with Crippen LogP contribution in [0.2, 0.25) is 0 Å². The zero-order valence-corrected chi connectivity index (χ0v) is 17.6. The molecule has 0 saturated carbocycles.